The lowest BCUT2D eigenvalue weighted by Gasteiger charge is -2.14. The average molecular weight is 294 g/mol. The van der Waals surface area contributed by atoms with E-state index in [1.54, 1.807) is 0 Å². The third-order valence-corrected chi connectivity index (χ3v) is 4.04. The Kier molecular flexibility index (Phi) is 9.35. The maximum Gasteiger partial charge on any atom is 0.0640 e. The number of nitrogens with one attached hydrogen (secondary N) is 1. The van der Waals surface area contributed by atoms with Crippen LogP contribution in [0.25, 0.3) is 0 Å². The molecule has 1 aromatic heterocycles. The highest BCUT2D eigenvalue weighted by Crippen LogP contribution is 2.12. The number of hydrogen-bond acceptors (Lipinski definition) is 3. The minimum atomic E-state index is 0.344. The first-order valence-corrected chi connectivity index (χ1v) is 8.67. The molecule has 0 aliphatic carbocycles. The van der Waals surface area contributed by atoms with E-state index in [4.69, 9.17) is 5.84 Å². The lowest BCUT2D eigenvalue weighted by atomic mass is 10.0. The average Bonchev–Trinajstić information content (AvgIpc) is 2.94. The fourth-order valence-corrected chi connectivity index (χ4v) is 2.62. The molecule has 0 amide bonds. The molecule has 21 heavy (non-hydrogen) atoms. The Bertz CT molecular complexity index is 359. The van der Waals surface area contributed by atoms with Gasteiger partial charge in [0, 0.05) is 24.7 Å². The Balaban J connectivity index is 2.19. The Morgan fingerprint density at radius 2 is 1.81 bits per heavy atom. The van der Waals surface area contributed by atoms with Crippen LogP contribution in [0.15, 0.2) is 12.3 Å². The van der Waals surface area contributed by atoms with Crippen LogP contribution in [0.4, 0.5) is 0 Å². The summed E-state index contributed by atoms with van der Waals surface area (Å²) < 4.78 is 2.01. The fourth-order valence-electron chi connectivity index (χ4n) is 2.62. The second kappa shape index (κ2) is 10.8. The molecule has 0 aromatic carbocycles. The van der Waals surface area contributed by atoms with E-state index >= 15 is 0 Å². The summed E-state index contributed by atoms with van der Waals surface area (Å²) in [5.41, 5.74) is 4.08. The molecule has 4 nitrogen and oxygen atoms in total. The lowest BCUT2D eigenvalue weighted by molar-refractivity contribution is 0.449. The zero-order chi connectivity index (χ0) is 15.5. The van der Waals surface area contributed by atoms with Crippen LogP contribution in [-0.2, 0) is 6.42 Å². The van der Waals surface area contributed by atoms with Crippen molar-refractivity contribution in [3.05, 3.63) is 18.0 Å². The highest BCUT2D eigenvalue weighted by atomic mass is 15.3. The Morgan fingerprint density at radius 1 is 1.14 bits per heavy atom. The summed E-state index contributed by atoms with van der Waals surface area (Å²) in [5.74, 6) is 5.68. The van der Waals surface area contributed by atoms with Gasteiger partial charge < -0.3 is 0 Å². The van der Waals surface area contributed by atoms with Gasteiger partial charge in [0.1, 0.15) is 0 Å². The zero-order valence-electron chi connectivity index (χ0n) is 14.1. The van der Waals surface area contributed by atoms with Crippen molar-refractivity contribution in [2.45, 2.75) is 90.6 Å². The van der Waals surface area contributed by atoms with Crippen molar-refractivity contribution >= 4 is 0 Å². The van der Waals surface area contributed by atoms with Crippen molar-refractivity contribution < 1.29 is 0 Å². The van der Waals surface area contributed by atoms with E-state index in [1.807, 2.05) is 4.68 Å². The van der Waals surface area contributed by atoms with Crippen molar-refractivity contribution in [2.75, 3.05) is 0 Å². The summed E-state index contributed by atoms with van der Waals surface area (Å²) in [6.45, 7) is 6.56. The maximum atomic E-state index is 5.68. The smallest absolute Gasteiger partial charge is 0.0640 e. The second-order valence-corrected chi connectivity index (χ2v) is 6.36. The minimum absolute atomic E-state index is 0.344. The molecule has 0 radical (unpaired) electrons. The van der Waals surface area contributed by atoms with Crippen LogP contribution in [-0.4, -0.2) is 15.8 Å². The van der Waals surface area contributed by atoms with Gasteiger partial charge in [0.05, 0.1) is 5.69 Å². The first-order valence-electron chi connectivity index (χ1n) is 8.67. The number of aromatic nitrogens is 2. The largest absolute Gasteiger partial charge is 0.271 e. The zero-order valence-corrected chi connectivity index (χ0v) is 14.1. The molecule has 1 atom stereocenters. The van der Waals surface area contributed by atoms with E-state index in [1.165, 1.54) is 44.9 Å². The van der Waals surface area contributed by atoms with Gasteiger partial charge in [0.15, 0.2) is 0 Å². The summed E-state index contributed by atoms with van der Waals surface area (Å²) in [4.78, 5) is 0. The van der Waals surface area contributed by atoms with E-state index in [2.05, 4.69) is 43.6 Å². The molecule has 1 rings (SSSR count). The van der Waals surface area contributed by atoms with Crippen LogP contribution in [0.5, 0.6) is 0 Å². The molecule has 0 bridgehead atoms. The van der Waals surface area contributed by atoms with E-state index in [0.717, 1.165) is 18.5 Å². The van der Waals surface area contributed by atoms with Gasteiger partial charge in [0.25, 0.3) is 0 Å². The van der Waals surface area contributed by atoms with Crippen LogP contribution in [0, 0.1) is 0 Å². The molecule has 0 aliphatic rings. The van der Waals surface area contributed by atoms with Crippen molar-refractivity contribution in [1.82, 2.24) is 15.2 Å². The molecule has 0 spiro atoms. The molecule has 1 unspecified atom stereocenters. The van der Waals surface area contributed by atoms with Gasteiger partial charge >= 0.3 is 0 Å². The molecular weight excluding hydrogens is 260 g/mol. The van der Waals surface area contributed by atoms with Crippen LogP contribution >= 0.6 is 0 Å². The van der Waals surface area contributed by atoms with Gasteiger partial charge in [-0.3, -0.25) is 16.0 Å². The van der Waals surface area contributed by atoms with E-state index in [9.17, 15) is 0 Å². The van der Waals surface area contributed by atoms with Crippen molar-refractivity contribution in [3.8, 4) is 0 Å². The second-order valence-electron chi connectivity index (χ2n) is 6.36. The number of nitrogens with zero attached hydrogens (tertiary/aromatic N) is 2. The third kappa shape index (κ3) is 7.63. The number of nitrogens with two attached hydrogens (primary N) is 1. The normalized spacial score (nSPS) is 13.0. The van der Waals surface area contributed by atoms with Crippen molar-refractivity contribution in [1.29, 1.82) is 0 Å². The number of hydrazine groups is 1. The summed E-state index contributed by atoms with van der Waals surface area (Å²) in [5, 5.41) is 4.60. The lowest BCUT2D eigenvalue weighted by Crippen LogP contribution is -2.36. The molecule has 0 saturated carbocycles. The molecular formula is C17H34N4. The minimum Gasteiger partial charge on any atom is -0.271 e. The molecule has 1 aromatic rings. The van der Waals surface area contributed by atoms with Crippen LogP contribution in [0.2, 0.25) is 0 Å². The highest BCUT2D eigenvalue weighted by molar-refractivity contribution is 5.01. The van der Waals surface area contributed by atoms with Crippen molar-refractivity contribution in [3.63, 3.8) is 0 Å². The van der Waals surface area contributed by atoms with E-state index in [-0.39, 0.29) is 0 Å². The number of unbranched alkanes of at least 4 members (excludes halogenated alkanes) is 6. The van der Waals surface area contributed by atoms with Gasteiger partial charge in [0.2, 0.25) is 0 Å². The molecule has 4 heteroatoms. The van der Waals surface area contributed by atoms with Crippen LogP contribution in [0.3, 0.4) is 0 Å². The quantitative estimate of drug-likeness (QED) is 0.348. The highest BCUT2D eigenvalue weighted by Gasteiger charge is 2.10. The van der Waals surface area contributed by atoms with Crippen molar-refractivity contribution in [2.24, 2.45) is 5.84 Å². The van der Waals surface area contributed by atoms with Crippen LogP contribution < -0.4 is 11.3 Å². The Labute approximate surface area is 130 Å². The van der Waals surface area contributed by atoms with E-state index in [0.29, 0.717) is 12.1 Å². The predicted octanol–water partition coefficient (Wildman–Crippen LogP) is 3.98. The number of rotatable bonds is 12. The van der Waals surface area contributed by atoms with Gasteiger partial charge in [-0.1, -0.05) is 51.9 Å². The monoisotopic (exact) mass is 294 g/mol. The molecule has 1 heterocycles. The molecule has 0 saturated heterocycles. The van der Waals surface area contributed by atoms with Gasteiger partial charge in [-0.05, 0) is 26.3 Å². The molecule has 3 N–H and O–H groups in total. The standard InChI is InChI=1S/C17H34N4/c1-4-5-6-7-8-9-10-11-16(19-18)14-17-12-13-21(20-17)15(2)3/h12-13,15-16,19H,4-11,14,18H2,1-3H3. The Hall–Kier alpha value is -0.870. The SMILES string of the molecule is CCCCCCCCCC(Cc1ccn(C(C)C)n1)NN. The summed E-state index contributed by atoms with van der Waals surface area (Å²) in [6, 6.07) is 2.87. The topological polar surface area (TPSA) is 55.9 Å². The Morgan fingerprint density at radius 3 is 2.38 bits per heavy atom. The molecule has 0 fully saturated rings. The fraction of sp³-hybridized carbons (Fsp3) is 0.824. The first-order chi connectivity index (χ1) is 10.2. The summed E-state index contributed by atoms with van der Waals surface area (Å²) >= 11 is 0. The maximum absolute atomic E-state index is 5.68. The van der Waals surface area contributed by atoms with Gasteiger partial charge in [-0.2, -0.15) is 5.10 Å². The summed E-state index contributed by atoms with van der Waals surface area (Å²) in [6.07, 6.45) is 13.5. The first kappa shape index (κ1) is 18.2. The summed E-state index contributed by atoms with van der Waals surface area (Å²) in [7, 11) is 0. The third-order valence-electron chi connectivity index (χ3n) is 4.04. The van der Waals surface area contributed by atoms with Crippen LogP contribution in [0.1, 0.15) is 83.9 Å². The van der Waals surface area contributed by atoms with E-state index < -0.39 is 0 Å². The predicted molar refractivity (Wildman–Crippen MR) is 90.0 cm³/mol. The number of hydrogen-bond donors (Lipinski definition) is 2. The molecule has 0 aliphatic heterocycles. The van der Waals surface area contributed by atoms with Gasteiger partial charge in [-0.15, -0.1) is 0 Å². The molecule has 122 valence electrons. The van der Waals surface area contributed by atoms with Gasteiger partial charge in [-0.25, -0.2) is 0 Å².